The molecule has 0 saturated carbocycles. The molecule has 8 nitrogen and oxygen atoms in total. The predicted octanol–water partition coefficient (Wildman–Crippen LogP) is 7.41. The van der Waals surface area contributed by atoms with Gasteiger partial charge < -0.3 is 23.2 Å². The number of ether oxygens (including phenoxy) is 3. The molecule has 0 aliphatic heterocycles. The standard InChI is InChI=1S/C33H29ClFN3O5/c1-21-7-8-22(2)38(21)27-9-11-28(12-10-27)41-20-29-13-14-30(43-29)33(39)37-36-18-24-16-25(34)17-31(40-3)32(24)42-19-23-5-4-6-26(35)15-23/h4-18H,19-20H2,1-3H3,(H,37,39). The summed E-state index contributed by atoms with van der Waals surface area (Å²) < 4.78 is 38.5. The molecule has 3 aromatic carbocycles. The molecule has 220 valence electrons. The number of nitrogens with one attached hydrogen (secondary N) is 1. The minimum atomic E-state index is -0.555. The second-order valence-corrected chi connectivity index (χ2v) is 10.1. The summed E-state index contributed by atoms with van der Waals surface area (Å²) in [5.74, 6) is 0.980. The van der Waals surface area contributed by atoms with E-state index in [0.717, 1.165) is 17.1 Å². The molecule has 0 fully saturated rings. The van der Waals surface area contributed by atoms with Gasteiger partial charge in [-0.1, -0.05) is 23.7 Å². The van der Waals surface area contributed by atoms with Crippen LogP contribution in [0.2, 0.25) is 5.02 Å². The van der Waals surface area contributed by atoms with E-state index >= 15 is 0 Å². The van der Waals surface area contributed by atoms with Gasteiger partial charge in [-0.05, 0) is 86.1 Å². The molecule has 5 rings (SSSR count). The zero-order valence-electron chi connectivity index (χ0n) is 23.8. The number of carbonyl (C=O) groups is 1. The van der Waals surface area contributed by atoms with Crippen molar-refractivity contribution in [3.05, 3.63) is 130 Å². The Bertz CT molecular complexity index is 1740. The van der Waals surface area contributed by atoms with Gasteiger partial charge in [0.05, 0.1) is 13.3 Å². The van der Waals surface area contributed by atoms with E-state index in [-0.39, 0.29) is 24.8 Å². The molecule has 5 aromatic rings. The van der Waals surface area contributed by atoms with E-state index in [0.29, 0.717) is 39.2 Å². The zero-order valence-corrected chi connectivity index (χ0v) is 24.5. The number of hydrogen-bond acceptors (Lipinski definition) is 6. The monoisotopic (exact) mass is 601 g/mol. The van der Waals surface area contributed by atoms with E-state index in [1.54, 1.807) is 36.4 Å². The van der Waals surface area contributed by atoms with Crippen molar-refractivity contribution in [2.75, 3.05) is 7.11 Å². The second-order valence-electron chi connectivity index (χ2n) is 9.64. The summed E-state index contributed by atoms with van der Waals surface area (Å²) in [6, 6.07) is 24.4. The minimum Gasteiger partial charge on any atom is -0.493 e. The van der Waals surface area contributed by atoms with Gasteiger partial charge in [0, 0.05) is 33.7 Å². The maximum Gasteiger partial charge on any atom is 0.307 e. The number of aryl methyl sites for hydroxylation is 2. The van der Waals surface area contributed by atoms with Gasteiger partial charge in [-0.3, -0.25) is 4.79 Å². The molecule has 2 heterocycles. The number of halogens is 2. The minimum absolute atomic E-state index is 0.0657. The molecule has 0 bridgehead atoms. The summed E-state index contributed by atoms with van der Waals surface area (Å²) >= 11 is 6.23. The van der Waals surface area contributed by atoms with Crippen LogP contribution in [0, 0.1) is 19.7 Å². The maximum atomic E-state index is 13.6. The van der Waals surface area contributed by atoms with Gasteiger partial charge >= 0.3 is 5.91 Å². The molecular weight excluding hydrogens is 573 g/mol. The first-order valence-electron chi connectivity index (χ1n) is 13.4. The second kappa shape index (κ2) is 13.3. The summed E-state index contributed by atoms with van der Waals surface area (Å²) in [6.07, 6.45) is 1.38. The average Bonchev–Trinajstić information content (AvgIpc) is 3.61. The normalized spacial score (nSPS) is 11.1. The van der Waals surface area contributed by atoms with Crippen LogP contribution in [-0.4, -0.2) is 23.8 Å². The van der Waals surface area contributed by atoms with E-state index in [1.165, 1.54) is 25.5 Å². The lowest BCUT2D eigenvalue weighted by Crippen LogP contribution is -2.17. The van der Waals surface area contributed by atoms with Gasteiger partial charge in [-0.2, -0.15) is 5.10 Å². The van der Waals surface area contributed by atoms with E-state index in [9.17, 15) is 9.18 Å². The number of amides is 1. The molecule has 1 N–H and O–H groups in total. The van der Waals surface area contributed by atoms with Crippen molar-refractivity contribution in [3.63, 3.8) is 0 Å². The van der Waals surface area contributed by atoms with Gasteiger partial charge in [-0.15, -0.1) is 0 Å². The third kappa shape index (κ3) is 7.25. The van der Waals surface area contributed by atoms with Crippen molar-refractivity contribution in [2.24, 2.45) is 5.10 Å². The number of carbonyl (C=O) groups excluding carboxylic acids is 1. The Morgan fingerprint density at radius 3 is 2.47 bits per heavy atom. The van der Waals surface area contributed by atoms with Crippen LogP contribution in [0.5, 0.6) is 17.2 Å². The Hall–Kier alpha value is -5.02. The summed E-state index contributed by atoms with van der Waals surface area (Å²) in [7, 11) is 1.47. The van der Waals surface area contributed by atoms with Gasteiger partial charge in [0.1, 0.15) is 30.5 Å². The fourth-order valence-electron chi connectivity index (χ4n) is 4.49. The highest BCUT2D eigenvalue weighted by atomic mass is 35.5. The molecule has 0 spiro atoms. The molecule has 0 unspecified atom stereocenters. The molecule has 0 aliphatic rings. The predicted molar refractivity (Wildman–Crippen MR) is 162 cm³/mol. The van der Waals surface area contributed by atoms with Crippen molar-refractivity contribution < 1.29 is 27.8 Å². The third-order valence-electron chi connectivity index (χ3n) is 6.54. The van der Waals surface area contributed by atoms with Crippen LogP contribution in [0.15, 0.2) is 94.4 Å². The first kappa shape index (κ1) is 29.5. The summed E-state index contributed by atoms with van der Waals surface area (Å²) in [5.41, 5.74) is 6.86. The van der Waals surface area contributed by atoms with Crippen LogP contribution in [0.1, 0.15) is 38.8 Å². The lowest BCUT2D eigenvalue weighted by molar-refractivity contribution is 0.0923. The quantitative estimate of drug-likeness (QED) is 0.126. The third-order valence-corrected chi connectivity index (χ3v) is 6.76. The van der Waals surface area contributed by atoms with Gasteiger partial charge in [-0.25, -0.2) is 9.82 Å². The van der Waals surface area contributed by atoms with Crippen molar-refractivity contribution in [2.45, 2.75) is 27.1 Å². The molecule has 1 amide bonds. The Morgan fingerprint density at radius 2 is 1.74 bits per heavy atom. The molecule has 43 heavy (non-hydrogen) atoms. The Morgan fingerprint density at radius 1 is 0.977 bits per heavy atom. The van der Waals surface area contributed by atoms with Gasteiger partial charge in [0.2, 0.25) is 0 Å². The van der Waals surface area contributed by atoms with E-state index in [4.69, 9.17) is 30.2 Å². The van der Waals surface area contributed by atoms with Crippen molar-refractivity contribution in [1.82, 2.24) is 9.99 Å². The molecule has 0 atom stereocenters. The Kier molecular flexibility index (Phi) is 9.12. The molecule has 0 saturated heterocycles. The summed E-state index contributed by atoms with van der Waals surface area (Å²) in [4.78, 5) is 12.7. The molecule has 10 heteroatoms. The molecule has 2 aromatic heterocycles. The molecule has 0 aliphatic carbocycles. The number of hydrazone groups is 1. The van der Waals surface area contributed by atoms with E-state index < -0.39 is 5.91 Å². The first-order valence-corrected chi connectivity index (χ1v) is 13.7. The van der Waals surface area contributed by atoms with Crippen LogP contribution in [0.3, 0.4) is 0 Å². The largest absolute Gasteiger partial charge is 0.493 e. The lowest BCUT2D eigenvalue weighted by Gasteiger charge is -2.14. The lowest BCUT2D eigenvalue weighted by atomic mass is 10.2. The maximum absolute atomic E-state index is 13.6. The number of methoxy groups -OCH3 is 1. The fourth-order valence-corrected chi connectivity index (χ4v) is 4.70. The van der Waals surface area contributed by atoms with Crippen LogP contribution in [0.25, 0.3) is 5.69 Å². The summed E-state index contributed by atoms with van der Waals surface area (Å²) in [6.45, 7) is 4.35. The van der Waals surface area contributed by atoms with Gasteiger partial charge in [0.25, 0.3) is 0 Å². The highest BCUT2D eigenvalue weighted by Gasteiger charge is 2.14. The number of aromatic nitrogens is 1. The van der Waals surface area contributed by atoms with Crippen LogP contribution >= 0.6 is 11.6 Å². The van der Waals surface area contributed by atoms with Gasteiger partial charge in [0.15, 0.2) is 17.3 Å². The van der Waals surface area contributed by atoms with E-state index in [1.807, 2.05) is 24.3 Å². The average molecular weight is 602 g/mol. The van der Waals surface area contributed by atoms with Crippen LogP contribution < -0.4 is 19.6 Å². The van der Waals surface area contributed by atoms with Crippen LogP contribution in [-0.2, 0) is 13.2 Å². The Labute approximate surface area is 253 Å². The number of rotatable bonds is 11. The SMILES string of the molecule is COc1cc(Cl)cc(C=NNC(=O)c2ccc(COc3ccc(-n4c(C)ccc4C)cc3)o2)c1OCc1cccc(F)c1. The number of nitrogens with zero attached hydrogens (tertiary/aromatic N) is 2. The van der Waals surface area contributed by atoms with Crippen molar-refractivity contribution in [3.8, 4) is 22.9 Å². The Balaban J connectivity index is 1.19. The zero-order chi connectivity index (χ0) is 30.3. The number of benzene rings is 3. The van der Waals surface area contributed by atoms with E-state index in [2.05, 4.69) is 41.1 Å². The smallest absolute Gasteiger partial charge is 0.307 e. The van der Waals surface area contributed by atoms with Crippen molar-refractivity contribution in [1.29, 1.82) is 0 Å². The highest BCUT2D eigenvalue weighted by Crippen LogP contribution is 2.34. The number of furan rings is 1. The number of hydrogen-bond donors (Lipinski definition) is 1. The topological polar surface area (TPSA) is 87.2 Å². The first-order chi connectivity index (χ1) is 20.8. The van der Waals surface area contributed by atoms with Crippen molar-refractivity contribution >= 4 is 23.7 Å². The summed E-state index contributed by atoms with van der Waals surface area (Å²) in [5, 5.41) is 4.41. The van der Waals surface area contributed by atoms with Crippen LogP contribution in [0.4, 0.5) is 4.39 Å². The molecular formula is C33H29ClFN3O5. The fraction of sp³-hybridized carbons (Fsp3) is 0.152. The molecule has 0 radical (unpaired) electrons. The highest BCUT2D eigenvalue weighted by molar-refractivity contribution is 6.31.